The second-order valence-corrected chi connectivity index (χ2v) is 12.6. The SMILES string of the molecule is C[C@]12Cc3cnn(-c4cccc(Br)c4)c3C=C1CC[C@@H]1[C@@H]2[C@@H](O)C[C@@]2(C)[C@H]1CC[C@]2(O)C(=O)CO. The van der Waals surface area contributed by atoms with Crippen LogP contribution >= 0.6 is 15.9 Å². The zero-order chi connectivity index (χ0) is 24.8. The molecule has 4 aliphatic carbocycles. The van der Waals surface area contributed by atoms with Crippen LogP contribution in [-0.2, 0) is 11.2 Å². The Morgan fingerprint density at radius 2 is 2.09 bits per heavy atom. The van der Waals surface area contributed by atoms with Crippen molar-refractivity contribution >= 4 is 27.8 Å². The lowest BCUT2D eigenvalue weighted by molar-refractivity contribution is -0.181. The molecule has 3 fully saturated rings. The molecule has 186 valence electrons. The van der Waals surface area contributed by atoms with E-state index in [4.69, 9.17) is 5.10 Å². The molecule has 6 nitrogen and oxygen atoms in total. The third-order valence-corrected chi connectivity index (χ3v) is 10.7. The van der Waals surface area contributed by atoms with Crippen molar-refractivity contribution in [1.82, 2.24) is 9.78 Å². The number of hydrogen-bond donors (Lipinski definition) is 3. The van der Waals surface area contributed by atoms with Crippen molar-refractivity contribution in [3.63, 3.8) is 0 Å². The van der Waals surface area contributed by atoms with E-state index in [1.54, 1.807) is 0 Å². The first kappa shape index (κ1) is 23.6. The quantitative estimate of drug-likeness (QED) is 0.545. The molecule has 1 aromatic carbocycles. The molecular formula is C28H33BrN2O4. The lowest BCUT2D eigenvalue weighted by Crippen LogP contribution is -2.62. The van der Waals surface area contributed by atoms with Crippen LogP contribution in [0.4, 0.5) is 0 Å². The highest BCUT2D eigenvalue weighted by Gasteiger charge is 2.68. The van der Waals surface area contributed by atoms with Gasteiger partial charge in [-0.05, 0) is 91.5 Å². The third-order valence-electron chi connectivity index (χ3n) is 10.2. The number of aliphatic hydroxyl groups is 3. The number of ketones is 1. The van der Waals surface area contributed by atoms with Crippen LogP contribution in [0.5, 0.6) is 0 Å². The number of benzene rings is 1. The molecule has 3 saturated carbocycles. The molecule has 0 aliphatic heterocycles. The van der Waals surface area contributed by atoms with Crippen molar-refractivity contribution in [2.24, 2.45) is 28.6 Å². The van der Waals surface area contributed by atoms with Gasteiger partial charge >= 0.3 is 0 Å². The van der Waals surface area contributed by atoms with E-state index in [1.807, 2.05) is 29.9 Å². The van der Waals surface area contributed by atoms with Gasteiger partial charge in [0.15, 0.2) is 5.78 Å². The number of rotatable bonds is 3. The van der Waals surface area contributed by atoms with Gasteiger partial charge < -0.3 is 15.3 Å². The van der Waals surface area contributed by atoms with E-state index in [1.165, 1.54) is 11.1 Å². The number of hydrogen-bond acceptors (Lipinski definition) is 5. The molecule has 4 aliphatic rings. The summed E-state index contributed by atoms with van der Waals surface area (Å²) in [5, 5.41) is 37.4. The summed E-state index contributed by atoms with van der Waals surface area (Å²) < 4.78 is 3.02. The van der Waals surface area contributed by atoms with Crippen molar-refractivity contribution in [3.05, 3.63) is 51.8 Å². The highest BCUT2D eigenvalue weighted by molar-refractivity contribution is 9.10. The molecule has 0 radical (unpaired) electrons. The Labute approximate surface area is 214 Å². The Morgan fingerprint density at radius 3 is 2.83 bits per heavy atom. The summed E-state index contributed by atoms with van der Waals surface area (Å²) in [6.07, 6.45) is 7.85. The predicted molar refractivity (Wildman–Crippen MR) is 136 cm³/mol. The topological polar surface area (TPSA) is 95.6 Å². The van der Waals surface area contributed by atoms with Gasteiger partial charge in [0, 0.05) is 9.89 Å². The van der Waals surface area contributed by atoms with Gasteiger partial charge in [-0.2, -0.15) is 5.10 Å². The van der Waals surface area contributed by atoms with Crippen LogP contribution in [0.25, 0.3) is 11.8 Å². The second-order valence-electron chi connectivity index (χ2n) is 11.7. The van der Waals surface area contributed by atoms with E-state index in [9.17, 15) is 20.1 Å². The summed E-state index contributed by atoms with van der Waals surface area (Å²) in [6, 6.07) is 8.14. The summed E-state index contributed by atoms with van der Waals surface area (Å²) in [6.45, 7) is 3.60. The standard InChI is InChI=1S/C28H33BrN2O4/c1-26-12-16-14-30-31(19-5-3-4-18(29)11-19)22(16)10-17(26)6-7-20-21-8-9-28(35,24(34)15-32)27(21,2)13-23(33)25(20)26/h3-5,10-11,14,20-21,23,25,32-33,35H,6-9,12-13,15H2,1-2H3/t20-,21-,23-,25+,26-,27-,28-/m0/s1. The lowest BCUT2D eigenvalue weighted by atomic mass is 9.45. The average Bonchev–Trinajstić information content (AvgIpc) is 3.34. The maximum atomic E-state index is 12.6. The number of carbonyl (C=O) groups is 1. The van der Waals surface area contributed by atoms with Gasteiger partial charge in [-0.15, -0.1) is 0 Å². The minimum atomic E-state index is -1.56. The molecule has 3 N–H and O–H groups in total. The first-order chi connectivity index (χ1) is 16.6. The van der Waals surface area contributed by atoms with E-state index in [2.05, 4.69) is 41.1 Å². The van der Waals surface area contributed by atoms with E-state index >= 15 is 0 Å². The molecule has 1 aromatic heterocycles. The molecule has 0 amide bonds. The lowest BCUT2D eigenvalue weighted by Gasteiger charge is -2.60. The number of allylic oxidation sites excluding steroid dienone is 1. The molecule has 0 bridgehead atoms. The molecular weight excluding hydrogens is 508 g/mol. The van der Waals surface area contributed by atoms with Crippen LogP contribution in [0.1, 0.15) is 57.2 Å². The van der Waals surface area contributed by atoms with Crippen molar-refractivity contribution in [3.8, 4) is 5.69 Å². The Bertz CT molecular complexity index is 1240. The van der Waals surface area contributed by atoms with Gasteiger partial charge in [-0.25, -0.2) is 4.68 Å². The Hall–Kier alpha value is -1.80. The van der Waals surface area contributed by atoms with Crippen molar-refractivity contribution in [2.45, 2.75) is 64.1 Å². The zero-order valence-electron chi connectivity index (χ0n) is 20.2. The number of fused-ring (bicyclic) bond motifs is 6. The van der Waals surface area contributed by atoms with Crippen LogP contribution in [0.2, 0.25) is 0 Å². The van der Waals surface area contributed by atoms with Crippen molar-refractivity contribution in [1.29, 1.82) is 0 Å². The van der Waals surface area contributed by atoms with E-state index in [-0.39, 0.29) is 23.2 Å². The molecule has 6 rings (SSSR count). The van der Waals surface area contributed by atoms with Crippen molar-refractivity contribution < 1.29 is 20.1 Å². The van der Waals surface area contributed by atoms with Crippen molar-refractivity contribution in [2.75, 3.05) is 6.61 Å². The smallest absolute Gasteiger partial charge is 0.190 e. The number of halogens is 1. The molecule has 0 saturated heterocycles. The van der Waals surface area contributed by atoms with Crippen LogP contribution in [0.3, 0.4) is 0 Å². The fourth-order valence-electron chi connectivity index (χ4n) is 8.59. The van der Waals surface area contributed by atoms with Gasteiger partial charge in [-0.1, -0.05) is 41.4 Å². The minimum absolute atomic E-state index is 0.0644. The number of aliphatic hydroxyl groups excluding tert-OH is 2. The third kappa shape index (κ3) is 3.11. The Morgan fingerprint density at radius 1 is 1.29 bits per heavy atom. The van der Waals surface area contributed by atoms with E-state index in [0.29, 0.717) is 12.8 Å². The highest BCUT2D eigenvalue weighted by atomic mass is 79.9. The van der Waals surface area contributed by atoms with Gasteiger partial charge in [0.2, 0.25) is 0 Å². The fraction of sp³-hybridized carbons (Fsp3) is 0.571. The summed E-state index contributed by atoms with van der Waals surface area (Å²) in [5.41, 5.74) is 2.23. The fourth-order valence-corrected chi connectivity index (χ4v) is 8.98. The molecule has 35 heavy (non-hydrogen) atoms. The van der Waals surface area contributed by atoms with E-state index < -0.39 is 29.5 Å². The summed E-state index contributed by atoms with van der Waals surface area (Å²) in [5.74, 6) is -0.0544. The summed E-state index contributed by atoms with van der Waals surface area (Å²) >= 11 is 3.56. The maximum absolute atomic E-state index is 12.6. The van der Waals surface area contributed by atoms with Gasteiger partial charge in [-0.3, -0.25) is 4.79 Å². The monoisotopic (exact) mass is 540 g/mol. The first-order valence-electron chi connectivity index (χ1n) is 12.7. The molecule has 7 atom stereocenters. The first-order valence-corrected chi connectivity index (χ1v) is 13.5. The summed E-state index contributed by atoms with van der Waals surface area (Å²) in [4.78, 5) is 12.6. The highest BCUT2D eigenvalue weighted by Crippen LogP contribution is 2.67. The largest absolute Gasteiger partial charge is 0.393 e. The predicted octanol–water partition coefficient (Wildman–Crippen LogP) is 4.08. The van der Waals surface area contributed by atoms with Crippen LogP contribution in [0.15, 0.2) is 40.5 Å². The molecule has 0 spiro atoms. The van der Waals surface area contributed by atoms with Gasteiger partial charge in [0.05, 0.1) is 23.7 Å². The minimum Gasteiger partial charge on any atom is -0.393 e. The van der Waals surface area contributed by atoms with Gasteiger partial charge in [0.25, 0.3) is 0 Å². The van der Waals surface area contributed by atoms with Crippen LogP contribution < -0.4 is 0 Å². The van der Waals surface area contributed by atoms with Gasteiger partial charge in [0.1, 0.15) is 12.2 Å². The number of carbonyl (C=O) groups excluding carboxylic acids is 1. The van der Waals surface area contributed by atoms with E-state index in [0.717, 1.165) is 41.5 Å². The normalized spacial score (nSPS) is 39.8. The number of Topliss-reactive ketones (excluding diaryl/α,β-unsaturated/α-hetero) is 1. The molecule has 1 heterocycles. The second kappa shape index (κ2) is 7.85. The summed E-state index contributed by atoms with van der Waals surface area (Å²) in [7, 11) is 0. The average molecular weight is 541 g/mol. The Kier molecular flexibility index (Phi) is 5.29. The zero-order valence-corrected chi connectivity index (χ0v) is 21.8. The molecule has 2 aromatic rings. The maximum Gasteiger partial charge on any atom is 0.190 e. The molecule has 7 heteroatoms. The Balaban J connectivity index is 1.37. The van der Waals surface area contributed by atoms with Crippen LogP contribution in [-0.4, -0.2) is 49.2 Å². The number of nitrogens with zero attached hydrogens (tertiary/aromatic N) is 2. The number of aromatic nitrogens is 2. The molecule has 0 unspecified atom stereocenters. The van der Waals surface area contributed by atoms with Crippen LogP contribution in [0, 0.1) is 28.6 Å².